The summed E-state index contributed by atoms with van der Waals surface area (Å²) in [7, 11) is 1.88. The normalized spacial score (nSPS) is 11.1. The van der Waals surface area contributed by atoms with E-state index in [9.17, 15) is 0 Å². The van der Waals surface area contributed by atoms with Gasteiger partial charge >= 0.3 is 0 Å². The first-order chi connectivity index (χ1) is 9.78. The molecule has 104 valence electrons. The molecule has 2 N–H and O–H groups in total. The highest BCUT2D eigenvalue weighted by Crippen LogP contribution is 2.24. The lowest BCUT2D eigenvalue weighted by molar-refractivity contribution is 0.391. The number of rotatable bonds is 5. The first-order valence-corrected chi connectivity index (χ1v) is 7.72. The molecule has 0 aliphatic rings. The first-order valence-electron chi connectivity index (χ1n) is 5.85. The maximum absolute atomic E-state index is 5.56. The number of thiophene rings is 1. The summed E-state index contributed by atoms with van der Waals surface area (Å²) < 4.78 is 7.09. The Kier molecular flexibility index (Phi) is 3.81. The third kappa shape index (κ3) is 2.60. The lowest BCUT2D eigenvalue weighted by atomic mass is 10.4. The summed E-state index contributed by atoms with van der Waals surface area (Å²) in [6.07, 6.45) is 0. The van der Waals surface area contributed by atoms with E-state index >= 15 is 0 Å². The van der Waals surface area contributed by atoms with E-state index < -0.39 is 0 Å². The number of nitrogens with zero attached hydrogens (tertiary/aromatic N) is 5. The molecule has 3 heterocycles. The van der Waals surface area contributed by atoms with Crippen molar-refractivity contribution in [1.82, 2.24) is 24.9 Å². The lowest BCUT2D eigenvalue weighted by Gasteiger charge is -1.99. The van der Waals surface area contributed by atoms with Crippen molar-refractivity contribution in [1.29, 1.82) is 0 Å². The van der Waals surface area contributed by atoms with E-state index in [1.807, 2.05) is 29.1 Å². The Labute approximate surface area is 123 Å². The van der Waals surface area contributed by atoms with Gasteiger partial charge in [-0.15, -0.1) is 21.5 Å². The molecule has 3 aromatic heterocycles. The van der Waals surface area contributed by atoms with Crippen molar-refractivity contribution in [3.8, 4) is 10.7 Å². The maximum Gasteiger partial charge on any atom is 0.237 e. The maximum atomic E-state index is 5.56. The Morgan fingerprint density at radius 1 is 1.45 bits per heavy atom. The molecule has 7 nitrogen and oxygen atoms in total. The number of aromatic nitrogens is 5. The van der Waals surface area contributed by atoms with Crippen molar-refractivity contribution in [2.24, 2.45) is 12.8 Å². The van der Waals surface area contributed by atoms with Crippen LogP contribution >= 0.6 is 23.1 Å². The Morgan fingerprint density at radius 2 is 2.35 bits per heavy atom. The molecule has 9 heteroatoms. The van der Waals surface area contributed by atoms with Gasteiger partial charge in [0.05, 0.1) is 17.2 Å². The molecule has 0 fully saturated rings. The summed E-state index contributed by atoms with van der Waals surface area (Å²) in [5, 5.41) is 14.8. The van der Waals surface area contributed by atoms with Crippen LogP contribution in [0.3, 0.4) is 0 Å². The van der Waals surface area contributed by atoms with E-state index in [0.29, 0.717) is 24.0 Å². The van der Waals surface area contributed by atoms with Gasteiger partial charge in [0.15, 0.2) is 5.16 Å². The van der Waals surface area contributed by atoms with Crippen molar-refractivity contribution in [3.63, 3.8) is 0 Å². The van der Waals surface area contributed by atoms with E-state index in [2.05, 4.69) is 20.3 Å². The summed E-state index contributed by atoms with van der Waals surface area (Å²) in [4.78, 5) is 5.35. The summed E-state index contributed by atoms with van der Waals surface area (Å²) in [5.41, 5.74) is 5.56. The lowest BCUT2D eigenvalue weighted by Crippen LogP contribution is -2.05. The zero-order chi connectivity index (χ0) is 13.9. The van der Waals surface area contributed by atoms with Gasteiger partial charge in [0, 0.05) is 7.05 Å². The highest BCUT2D eigenvalue weighted by molar-refractivity contribution is 7.98. The molecule has 3 aromatic rings. The van der Waals surface area contributed by atoms with E-state index in [-0.39, 0.29) is 0 Å². The Hall–Kier alpha value is -1.71. The van der Waals surface area contributed by atoms with Gasteiger partial charge in [-0.05, 0) is 11.4 Å². The molecule has 0 saturated carbocycles. The van der Waals surface area contributed by atoms with Crippen molar-refractivity contribution in [3.05, 3.63) is 29.2 Å². The molecule has 0 unspecified atom stereocenters. The standard InChI is InChI=1S/C11H12N6OS2/c1-17-8(5-12)14-15-11(17)20-6-9-13-10(16-18-9)7-3-2-4-19-7/h2-4H,5-6,12H2,1H3. The molecule has 0 amide bonds. The van der Waals surface area contributed by atoms with Gasteiger partial charge in [0.1, 0.15) is 5.82 Å². The second-order valence-electron chi connectivity index (χ2n) is 3.94. The zero-order valence-corrected chi connectivity index (χ0v) is 12.3. The van der Waals surface area contributed by atoms with Crippen molar-refractivity contribution in [2.45, 2.75) is 17.5 Å². The summed E-state index contributed by atoms with van der Waals surface area (Å²) in [5.74, 6) is 2.48. The number of thioether (sulfide) groups is 1. The van der Waals surface area contributed by atoms with E-state index in [4.69, 9.17) is 10.3 Å². The Bertz CT molecular complexity index is 690. The van der Waals surface area contributed by atoms with Gasteiger partial charge in [0.25, 0.3) is 0 Å². The van der Waals surface area contributed by atoms with Gasteiger partial charge in [-0.2, -0.15) is 4.98 Å². The van der Waals surface area contributed by atoms with Gasteiger partial charge in [0.2, 0.25) is 11.7 Å². The second kappa shape index (κ2) is 5.73. The summed E-state index contributed by atoms with van der Waals surface area (Å²) in [6.45, 7) is 0.368. The monoisotopic (exact) mass is 308 g/mol. The van der Waals surface area contributed by atoms with Crippen LogP contribution in [0.2, 0.25) is 0 Å². The summed E-state index contributed by atoms with van der Waals surface area (Å²) >= 11 is 3.07. The molecule has 0 atom stereocenters. The minimum absolute atomic E-state index is 0.368. The van der Waals surface area contributed by atoms with Crippen LogP contribution in [0.4, 0.5) is 0 Å². The van der Waals surface area contributed by atoms with Crippen LogP contribution in [0, 0.1) is 0 Å². The highest BCUT2D eigenvalue weighted by atomic mass is 32.2. The SMILES string of the molecule is Cn1c(CN)nnc1SCc1nc(-c2cccs2)no1. The fourth-order valence-corrected chi connectivity index (χ4v) is 3.01. The van der Waals surface area contributed by atoms with Crippen LogP contribution in [-0.4, -0.2) is 24.9 Å². The predicted molar refractivity (Wildman–Crippen MR) is 76.1 cm³/mol. The largest absolute Gasteiger partial charge is 0.338 e. The zero-order valence-electron chi connectivity index (χ0n) is 10.7. The fraction of sp³-hybridized carbons (Fsp3) is 0.273. The van der Waals surface area contributed by atoms with Crippen LogP contribution in [0.5, 0.6) is 0 Å². The Balaban J connectivity index is 1.68. The van der Waals surface area contributed by atoms with E-state index in [0.717, 1.165) is 15.9 Å². The topological polar surface area (TPSA) is 95.7 Å². The van der Waals surface area contributed by atoms with Crippen LogP contribution in [0.15, 0.2) is 27.2 Å². The summed E-state index contributed by atoms with van der Waals surface area (Å²) in [6, 6.07) is 3.92. The minimum Gasteiger partial charge on any atom is -0.338 e. The predicted octanol–water partition coefficient (Wildman–Crippen LogP) is 1.68. The van der Waals surface area contributed by atoms with Crippen LogP contribution in [-0.2, 0) is 19.3 Å². The second-order valence-corrected chi connectivity index (χ2v) is 5.83. The molecule has 0 aliphatic carbocycles. The third-order valence-corrected chi connectivity index (χ3v) is 4.51. The van der Waals surface area contributed by atoms with Gasteiger partial charge < -0.3 is 14.8 Å². The quantitative estimate of drug-likeness (QED) is 0.716. The van der Waals surface area contributed by atoms with E-state index in [1.165, 1.54) is 11.8 Å². The van der Waals surface area contributed by atoms with Gasteiger partial charge in [-0.3, -0.25) is 0 Å². The van der Waals surface area contributed by atoms with Gasteiger partial charge in [-0.1, -0.05) is 23.0 Å². The number of nitrogens with two attached hydrogens (primary N) is 1. The molecule has 20 heavy (non-hydrogen) atoms. The van der Waals surface area contributed by atoms with Crippen molar-refractivity contribution < 1.29 is 4.52 Å². The molecular weight excluding hydrogens is 296 g/mol. The molecule has 0 saturated heterocycles. The van der Waals surface area contributed by atoms with Crippen LogP contribution < -0.4 is 5.73 Å². The minimum atomic E-state index is 0.368. The fourth-order valence-electron chi connectivity index (χ4n) is 1.59. The molecule has 0 aliphatic heterocycles. The molecule has 3 rings (SSSR count). The average molecular weight is 308 g/mol. The molecule has 0 spiro atoms. The number of hydrogen-bond donors (Lipinski definition) is 1. The van der Waals surface area contributed by atoms with Crippen molar-refractivity contribution in [2.75, 3.05) is 0 Å². The molecular formula is C11H12N6OS2. The molecule has 0 bridgehead atoms. The molecule has 0 radical (unpaired) electrons. The highest BCUT2D eigenvalue weighted by Gasteiger charge is 2.12. The number of hydrogen-bond acceptors (Lipinski definition) is 8. The van der Waals surface area contributed by atoms with Crippen LogP contribution in [0.25, 0.3) is 10.7 Å². The van der Waals surface area contributed by atoms with Gasteiger partial charge in [-0.25, -0.2) is 0 Å². The third-order valence-electron chi connectivity index (χ3n) is 2.64. The van der Waals surface area contributed by atoms with Crippen molar-refractivity contribution >= 4 is 23.1 Å². The average Bonchev–Trinajstić information content (AvgIpc) is 3.17. The smallest absolute Gasteiger partial charge is 0.237 e. The first kappa shape index (κ1) is 13.3. The van der Waals surface area contributed by atoms with Crippen LogP contribution in [0.1, 0.15) is 11.7 Å². The molecule has 0 aromatic carbocycles. The Morgan fingerprint density at radius 3 is 3.05 bits per heavy atom. The van der Waals surface area contributed by atoms with E-state index in [1.54, 1.807) is 11.3 Å².